The number of benzene rings is 1. The van der Waals surface area contributed by atoms with E-state index in [4.69, 9.17) is 4.52 Å². The summed E-state index contributed by atoms with van der Waals surface area (Å²) in [5.41, 5.74) is 0.437. The Morgan fingerprint density at radius 1 is 1.23 bits per heavy atom. The Balaban J connectivity index is 1.50. The van der Waals surface area contributed by atoms with Crippen molar-refractivity contribution in [2.75, 3.05) is 13.1 Å². The molecule has 0 aliphatic carbocycles. The predicted octanol–water partition coefficient (Wildman–Crippen LogP) is 1.75. The van der Waals surface area contributed by atoms with Crippen molar-refractivity contribution in [3.8, 4) is 0 Å². The Bertz CT molecular complexity index is 974. The molecular formula is C18H19N5O3. The lowest BCUT2D eigenvalue weighted by Gasteiger charge is -2.32. The number of hydrogen-bond donors (Lipinski definition) is 0. The van der Waals surface area contributed by atoms with E-state index in [0.29, 0.717) is 29.8 Å². The quantitative estimate of drug-likeness (QED) is 0.712. The summed E-state index contributed by atoms with van der Waals surface area (Å²) in [7, 11) is 0. The van der Waals surface area contributed by atoms with Gasteiger partial charge in [0, 0.05) is 19.0 Å². The molecule has 8 heteroatoms. The molecule has 1 aliphatic heterocycles. The van der Waals surface area contributed by atoms with E-state index < -0.39 is 6.04 Å². The lowest BCUT2D eigenvalue weighted by atomic mass is 9.96. The monoisotopic (exact) mass is 353 g/mol. The van der Waals surface area contributed by atoms with Crippen molar-refractivity contribution < 1.29 is 9.32 Å². The summed E-state index contributed by atoms with van der Waals surface area (Å²) in [5.74, 6) is 0.828. The number of carbonyl (C=O) groups is 1. The Hall–Kier alpha value is -3.03. The second kappa shape index (κ2) is 6.70. The number of piperidine rings is 1. The van der Waals surface area contributed by atoms with Crippen LogP contribution in [0.4, 0.5) is 0 Å². The molecule has 8 nitrogen and oxygen atoms in total. The Morgan fingerprint density at radius 3 is 2.73 bits per heavy atom. The fourth-order valence-electron chi connectivity index (χ4n) is 3.46. The van der Waals surface area contributed by atoms with Gasteiger partial charge in [0.15, 0.2) is 5.82 Å². The summed E-state index contributed by atoms with van der Waals surface area (Å²) in [4.78, 5) is 35.8. The smallest absolute Gasteiger partial charge is 0.261 e. The molecule has 1 amide bonds. The molecule has 1 atom stereocenters. The third-order valence-corrected chi connectivity index (χ3v) is 5.01. The van der Waals surface area contributed by atoms with Crippen molar-refractivity contribution in [3.05, 3.63) is 53.2 Å². The summed E-state index contributed by atoms with van der Waals surface area (Å²) in [6, 6.07) is 6.55. The average Bonchev–Trinajstić information content (AvgIpc) is 3.22. The number of fused-ring (bicyclic) bond motifs is 1. The maximum absolute atomic E-state index is 12.9. The first-order valence-corrected chi connectivity index (χ1v) is 8.66. The number of hydrogen-bond acceptors (Lipinski definition) is 6. The van der Waals surface area contributed by atoms with Gasteiger partial charge in [0.05, 0.1) is 17.2 Å². The topological polar surface area (TPSA) is 94.1 Å². The molecule has 0 saturated carbocycles. The largest absolute Gasteiger partial charge is 0.343 e. The molecule has 4 rings (SSSR count). The number of nitrogens with zero attached hydrogens (tertiary/aromatic N) is 5. The molecule has 3 heterocycles. The van der Waals surface area contributed by atoms with E-state index in [1.807, 2.05) is 6.07 Å². The molecule has 1 aliphatic rings. The van der Waals surface area contributed by atoms with E-state index in [9.17, 15) is 9.59 Å². The number of aromatic nitrogens is 4. The van der Waals surface area contributed by atoms with Crippen LogP contribution in [0.1, 0.15) is 37.5 Å². The SMILES string of the molecule is C[C@@H](C(=O)N1CCC(c2ncon2)CC1)n1cnc2ccccc2c1=O. The van der Waals surface area contributed by atoms with Crippen LogP contribution >= 0.6 is 0 Å². The highest BCUT2D eigenvalue weighted by Gasteiger charge is 2.29. The Labute approximate surface area is 149 Å². The zero-order valence-corrected chi connectivity index (χ0v) is 14.4. The number of likely N-dealkylation sites (tertiary alicyclic amines) is 1. The van der Waals surface area contributed by atoms with Crippen molar-refractivity contribution >= 4 is 16.8 Å². The minimum absolute atomic E-state index is 0.0734. The zero-order valence-electron chi connectivity index (χ0n) is 14.4. The molecule has 1 saturated heterocycles. The van der Waals surface area contributed by atoms with Crippen molar-refractivity contribution in [2.24, 2.45) is 0 Å². The number of rotatable bonds is 3. The van der Waals surface area contributed by atoms with Gasteiger partial charge in [-0.05, 0) is 31.9 Å². The summed E-state index contributed by atoms with van der Waals surface area (Å²) < 4.78 is 6.21. The lowest BCUT2D eigenvalue weighted by molar-refractivity contribution is -0.135. The first-order valence-electron chi connectivity index (χ1n) is 8.66. The third-order valence-electron chi connectivity index (χ3n) is 5.01. The van der Waals surface area contributed by atoms with Gasteiger partial charge in [0.1, 0.15) is 6.04 Å². The van der Waals surface area contributed by atoms with E-state index in [1.54, 1.807) is 30.0 Å². The van der Waals surface area contributed by atoms with E-state index >= 15 is 0 Å². The van der Waals surface area contributed by atoms with E-state index in [1.165, 1.54) is 17.3 Å². The van der Waals surface area contributed by atoms with Crippen LogP contribution in [0.15, 0.2) is 46.3 Å². The summed E-state index contributed by atoms with van der Waals surface area (Å²) in [6.07, 6.45) is 4.35. The van der Waals surface area contributed by atoms with Gasteiger partial charge < -0.3 is 9.42 Å². The molecule has 1 fully saturated rings. The van der Waals surface area contributed by atoms with Gasteiger partial charge >= 0.3 is 0 Å². The molecule has 26 heavy (non-hydrogen) atoms. The summed E-state index contributed by atoms with van der Waals surface area (Å²) in [5, 5.41) is 4.41. The predicted molar refractivity (Wildman–Crippen MR) is 93.6 cm³/mol. The van der Waals surface area contributed by atoms with Crippen LogP contribution in [0, 0.1) is 0 Å². The maximum Gasteiger partial charge on any atom is 0.261 e. The first kappa shape index (κ1) is 16.4. The first-order chi connectivity index (χ1) is 12.6. The second-order valence-corrected chi connectivity index (χ2v) is 6.54. The molecule has 0 radical (unpaired) electrons. The normalized spacial score (nSPS) is 16.7. The van der Waals surface area contributed by atoms with Crippen molar-refractivity contribution in [1.82, 2.24) is 24.6 Å². The highest BCUT2D eigenvalue weighted by atomic mass is 16.5. The van der Waals surface area contributed by atoms with E-state index in [-0.39, 0.29) is 17.4 Å². The van der Waals surface area contributed by atoms with Crippen LogP contribution in [-0.2, 0) is 4.79 Å². The standard InChI is InChI=1S/C18H19N5O3/c1-12(23-10-19-15-5-3-2-4-14(15)18(23)25)17(24)22-8-6-13(7-9-22)16-20-11-26-21-16/h2-5,10-13H,6-9H2,1H3/t12-/m0/s1. The van der Waals surface area contributed by atoms with Gasteiger partial charge in [-0.25, -0.2) is 4.98 Å². The average molecular weight is 353 g/mol. The van der Waals surface area contributed by atoms with Gasteiger partial charge in [0.2, 0.25) is 12.3 Å². The lowest BCUT2D eigenvalue weighted by Crippen LogP contribution is -2.43. The highest BCUT2D eigenvalue weighted by molar-refractivity contribution is 5.81. The Morgan fingerprint density at radius 2 is 2.00 bits per heavy atom. The molecule has 134 valence electrons. The van der Waals surface area contributed by atoms with Gasteiger partial charge in [-0.15, -0.1) is 0 Å². The molecule has 0 spiro atoms. The Kier molecular flexibility index (Phi) is 4.24. The van der Waals surface area contributed by atoms with Crippen molar-refractivity contribution in [2.45, 2.75) is 31.7 Å². The molecule has 2 aromatic heterocycles. The number of carbonyl (C=O) groups excluding carboxylic acids is 1. The van der Waals surface area contributed by atoms with Gasteiger partial charge in [0.25, 0.3) is 5.56 Å². The third kappa shape index (κ3) is 2.87. The molecule has 3 aromatic rings. The van der Waals surface area contributed by atoms with Crippen LogP contribution in [-0.4, -0.2) is 43.6 Å². The van der Waals surface area contributed by atoms with Crippen LogP contribution in [0.3, 0.4) is 0 Å². The van der Waals surface area contributed by atoms with Crippen LogP contribution in [0.25, 0.3) is 10.9 Å². The number of para-hydroxylation sites is 1. The van der Waals surface area contributed by atoms with Gasteiger partial charge in [-0.1, -0.05) is 17.3 Å². The van der Waals surface area contributed by atoms with E-state index in [2.05, 4.69) is 15.1 Å². The highest BCUT2D eigenvalue weighted by Crippen LogP contribution is 2.26. The van der Waals surface area contributed by atoms with Crippen LogP contribution in [0.2, 0.25) is 0 Å². The van der Waals surface area contributed by atoms with Gasteiger partial charge in [-0.3, -0.25) is 14.2 Å². The van der Waals surface area contributed by atoms with Crippen LogP contribution < -0.4 is 5.56 Å². The fraction of sp³-hybridized carbons (Fsp3) is 0.389. The van der Waals surface area contributed by atoms with Crippen molar-refractivity contribution in [1.29, 1.82) is 0 Å². The molecular weight excluding hydrogens is 334 g/mol. The molecule has 0 N–H and O–H groups in total. The molecule has 0 unspecified atom stereocenters. The summed E-state index contributed by atoms with van der Waals surface area (Å²) >= 11 is 0. The molecule has 0 bridgehead atoms. The fourth-order valence-corrected chi connectivity index (χ4v) is 3.46. The minimum atomic E-state index is -0.596. The maximum atomic E-state index is 12.9. The van der Waals surface area contributed by atoms with Crippen LogP contribution in [0.5, 0.6) is 0 Å². The van der Waals surface area contributed by atoms with Crippen molar-refractivity contribution in [3.63, 3.8) is 0 Å². The van der Waals surface area contributed by atoms with Gasteiger partial charge in [-0.2, -0.15) is 4.98 Å². The van der Waals surface area contributed by atoms with E-state index in [0.717, 1.165) is 12.8 Å². The minimum Gasteiger partial charge on any atom is -0.343 e. The second-order valence-electron chi connectivity index (χ2n) is 6.54. The molecule has 1 aromatic carbocycles. The summed E-state index contributed by atoms with van der Waals surface area (Å²) in [6.45, 7) is 2.96. The zero-order chi connectivity index (χ0) is 18.1. The number of amides is 1.